The fourth-order valence-corrected chi connectivity index (χ4v) is 3.78. The van der Waals surface area contributed by atoms with Gasteiger partial charge in [-0.1, -0.05) is 11.2 Å². The number of para-hydroxylation sites is 1. The van der Waals surface area contributed by atoms with Crippen molar-refractivity contribution >= 4 is 16.7 Å². The highest BCUT2D eigenvalue weighted by molar-refractivity contribution is 5.89. The Morgan fingerprint density at radius 3 is 2.76 bits per heavy atom. The molecule has 0 radical (unpaired) electrons. The molecule has 3 heterocycles. The van der Waals surface area contributed by atoms with E-state index in [2.05, 4.69) is 25.0 Å². The summed E-state index contributed by atoms with van der Waals surface area (Å²) >= 11 is 0. The van der Waals surface area contributed by atoms with E-state index in [-0.39, 0.29) is 17.6 Å². The lowest BCUT2D eigenvalue weighted by molar-refractivity contribution is 0.333. The zero-order valence-corrected chi connectivity index (χ0v) is 15.4. The van der Waals surface area contributed by atoms with Crippen molar-refractivity contribution in [1.82, 2.24) is 20.1 Å². The molecule has 4 aromatic rings. The van der Waals surface area contributed by atoms with Crippen LogP contribution in [0.15, 0.2) is 53.3 Å². The molecule has 29 heavy (non-hydrogen) atoms. The molecule has 2 aromatic carbocycles. The highest BCUT2D eigenvalue weighted by atomic mass is 19.1. The van der Waals surface area contributed by atoms with Crippen LogP contribution in [0.4, 0.5) is 14.6 Å². The zero-order valence-electron chi connectivity index (χ0n) is 15.4. The van der Waals surface area contributed by atoms with E-state index in [0.717, 1.165) is 19.4 Å². The van der Waals surface area contributed by atoms with Gasteiger partial charge in [0.05, 0.1) is 5.92 Å². The van der Waals surface area contributed by atoms with Crippen LogP contribution in [0.25, 0.3) is 22.3 Å². The normalized spacial score (nSPS) is 17.0. The fraction of sp³-hybridized carbons (Fsp3) is 0.238. The second kappa shape index (κ2) is 7.20. The molecule has 146 valence electrons. The van der Waals surface area contributed by atoms with Crippen LogP contribution in [0, 0.1) is 11.6 Å². The molecule has 0 N–H and O–H groups in total. The van der Waals surface area contributed by atoms with Crippen LogP contribution in [0.2, 0.25) is 0 Å². The summed E-state index contributed by atoms with van der Waals surface area (Å²) in [5.74, 6) is 1.04. The predicted octanol–water partition coefficient (Wildman–Crippen LogP) is 4.34. The van der Waals surface area contributed by atoms with Crippen LogP contribution in [-0.4, -0.2) is 33.2 Å². The summed E-state index contributed by atoms with van der Waals surface area (Å²) in [5.41, 5.74) is 1.02. The molecular weight excluding hydrogens is 376 g/mol. The van der Waals surface area contributed by atoms with Gasteiger partial charge in [-0.25, -0.2) is 18.7 Å². The van der Waals surface area contributed by atoms with Gasteiger partial charge in [-0.15, -0.1) is 0 Å². The third-order valence-electron chi connectivity index (χ3n) is 5.21. The van der Waals surface area contributed by atoms with E-state index in [1.807, 2.05) is 6.07 Å². The number of fused-ring (bicyclic) bond motifs is 1. The maximum Gasteiger partial charge on any atom is 0.231 e. The molecule has 8 heteroatoms. The minimum Gasteiger partial charge on any atom is -0.355 e. The fourth-order valence-electron chi connectivity index (χ4n) is 3.78. The zero-order chi connectivity index (χ0) is 19.8. The summed E-state index contributed by atoms with van der Waals surface area (Å²) in [6, 6.07) is 10.9. The summed E-state index contributed by atoms with van der Waals surface area (Å²) in [4.78, 5) is 15.1. The lowest BCUT2D eigenvalue weighted by Crippen LogP contribution is -2.35. The number of hydrogen-bond donors (Lipinski definition) is 0. The standard InChI is InChI=1S/C21H17F2N5O/c22-15-8-6-13(7-9-15)19-26-21(29-27-19)14-3-2-10-28(11-14)20-16-4-1-5-17(23)18(16)24-12-25-20/h1,4-9,12,14H,2-3,10-11H2. The molecule has 5 rings (SSSR count). The Morgan fingerprint density at radius 2 is 1.90 bits per heavy atom. The maximum atomic E-state index is 14.1. The number of aromatic nitrogens is 4. The van der Waals surface area contributed by atoms with Crippen molar-refractivity contribution in [3.63, 3.8) is 0 Å². The average molecular weight is 393 g/mol. The van der Waals surface area contributed by atoms with E-state index >= 15 is 0 Å². The third-order valence-corrected chi connectivity index (χ3v) is 5.21. The molecule has 6 nitrogen and oxygen atoms in total. The molecule has 1 unspecified atom stereocenters. The minimum atomic E-state index is -0.361. The second-order valence-corrected chi connectivity index (χ2v) is 7.08. The van der Waals surface area contributed by atoms with E-state index in [4.69, 9.17) is 4.52 Å². The van der Waals surface area contributed by atoms with Gasteiger partial charge < -0.3 is 9.42 Å². The van der Waals surface area contributed by atoms with Crippen LogP contribution in [0.5, 0.6) is 0 Å². The van der Waals surface area contributed by atoms with Crippen LogP contribution >= 0.6 is 0 Å². The van der Waals surface area contributed by atoms with E-state index in [9.17, 15) is 8.78 Å². The summed E-state index contributed by atoms with van der Waals surface area (Å²) in [6.07, 6.45) is 3.21. The molecule has 0 bridgehead atoms. The van der Waals surface area contributed by atoms with Gasteiger partial charge in [0.25, 0.3) is 0 Å². The molecule has 1 aliphatic rings. The van der Waals surface area contributed by atoms with Gasteiger partial charge >= 0.3 is 0 Å². The SMILES string of the molecule is Fc1ccc(-c2noc(C3CCCN(c4ncnc5c(F)cccc45)C3)n2)cc1. The number of halogens is 2. The van der Waals surface area contributed by atoms with Gasteiger partial charge in [0.15, 0.2) is 0 Å². The van der Waals surface area contributed by atoms with Crippen molar-refractivity contribution in [2.24, 2.45) is 0 Å². The molecule has 0 spiro atoms. The molecule has 2 aromatic heterocycles. The Kier molecular flexibility index (Phi) is 4.38. The van der Waals surface area contributed by atoms with E-state index in [1.165, 1.54) is 24.5 Å². The van der Waals surface area contributed by atoms with Gasteiger partial charge in [0.1, 0.15) is 29.3 Å². The smallest absolute Gasteiger partial charge is 0.231 e. The summed E-state index contributed by atoms with van der Waals surface area (Å²) in [5, 5.41) is 4.73. The lowest BCUT2D eigenvalue weighted by atomic mass is 9.97. The number of anilines is 1. The predicted molar refractivity (Wildman–Crippen MR) is 103 cm³/mol. The minimum absolute atomic E-state index is 0.0315. The molecule has 1 saturated heterocycles. The topological polar surface area (TPSA) is 67.9 Å². The van der Waals surface area contributed by atoms with Crippen molar-refractivity contribution in [2.75, 3.05) is 18.0 Å². The first kappa shape index (κ1) is 17.7. The summed E-state index contributed by atoms with van der Waals surface area (Å²) in [7, 11) is 0. The first-order valence-electron chi connectivity index (χ1n) is 9.43. The van der Waals surface area contributed by atoms with Gasteiger partial charge in [-0.2, -0.15) is 4.98 Å². The first-order valence-corrected chi connectivity index (χ1v) is 9.43. The molecular formula is C21H17F2N5O. The summed E-state index contributed by atoms with van der Waals surface area (Å²) < 4.78 is 32.7. The number of benzene rings is 2. The Balaban J connectivity index is 1.42. The number of rotatable bonds is 3. The number of hydrogen-bond acceptors (Lipinski definition) is 6. The lowest BCUT2D eigenvalue weighted by Gasteiger charge is -2.32. The van der Waals surface area contributed by atoms with E-state index < -0.39 is 0 Å². The maximum absolute atomic E-state index is 14.1. The molecule has 1 fully saturated rings. The average Bonchev–Trinajstić information content (AvgIpc) is 3.25. The van der Waals surface area contributed by atoms with Crippen molar-refractivity contribution in [3.05, 3.63) is 66.3 Å². The summed E-state index contributed by atoms with van der Waals surface area (Å²) in [6.45, 7) is 1.44. The second-order valence-electron chi connectivity index (χ2n) is 7.08. The Bertz CT molecular complexity index is 1160. The molecule has 0 amide bonds. The van der Waals surface area contributed by atoms with Crippen LogP contribution < -0.4 is 4.90 Å². The molecule has 0 aliphatic carbocycles. The van der Waals surface area contributed by atoms with E-state index in [1.54, 1.807) is 18.2 Å². The number of nitrogens with zero attached hydrogens (tertiary/aromatic N) is 5. The van der Waals surface area contributed by atoms with Gasteiger partial charge in [0, 0.05) is 24.0 Å². The highest BCUT2D eigenvalue weighted by Gasteiger charge is 2.28. The number of piperidine rings is 1. The van der Waals surface area contributed by atoms with Crippen molar-refractivity contribution < 1.29 is 13.3 Å². The molecule has 1 aliphatic heterocycles. The molecule has 0 saturated carbocycles. The van der Waals surface area contributed by atoms with Gasteiger partial charge in [-0.3, -0.25) is 0 Å². The van der Waals surface area contributed by atoms with Crippen molar-refractivity contribution in [2.45, 2.75) is 18.8 Å². The first-order chi connectivity index (χ1) is 14.2. The quantitative estimate of drug-likeness (QED) is 0.516. The highest BCUT2D eigenvalue weighted by Crippen LogP contribution is 2.32. The van der Waals surface area contributed by atoms with Crippen LogP contribution in [0.3, 0.4) is 0 Å². The van der Waals surface area contributed by atoms with Gasteiger partial charge in [-0.05, 0) is 49.2 Å². The van der Waals surface area contributed by atoms with Crippen LogP contribution in [-0.2, 0) is 0 Å². The van der Waals surface area contributed by atoms with Gasteiger partial charge in [0.2, 0.25) is 11.7 Å². The van der Waals surface area contributed by atoms with Crippen molar-refractivity contribution in [1.29, 1.82) is 0 Å². The molecule has 1 atom stereocenters. The van der Waals surface area contributed by atoms with Crippen LogP contribution in [0.1, 0.15) is 24.7 Å². The van der Waals surface area contributed by atoms with Crippen molar-refractivity contribution in [3.8, 4) is 11.4 Å². The van der Waals surface area contributed by atoms with E-state index in [0.29, 0.717) is 40.5 Å². The monoisotopic (exact) mass is 393 g/mol. The Hall–Kier alpha value is -3.42. The third kappa shape index (κ3) is 3.30. The Labute approximate surface area is 165 Å². The Morgan fingerprint density at radius 1 is 1.03 bits per heavy atom. The largest absolute Gasteiger partial charge is 0.355 e.